The summed E-state index contributed by atoms with van der Waals surface area (Å²) in [6, 6.07) is 5.21. The van der Waals surface area contributed by atoms with Gasteiger partial charge in [-0.1, -0.05) is 6.92 Å². The second-order valence-electron chi connectivity index (χ2n) is 5.22. The van der Waals surface area contributed by atoms with E-state index >= 15 is 0 Å². The van der Waals surface area contributed by atoms with Gasteiger partial charge in [-0.05, 0) is 18.6 Å². The molecule has 1 aliphatic heterocycles. The van der Waals surface area contributed by atoms with Gasteiger partial charge in [-0.3, -0.25) is 14.5 Å². The standard InChI is InChI=1S/C15H19N5O3/c1-3-10-15(22)20(9-13(21)19(2)8-4-7-16)14-11(23-10)5-6-12(17)18-14/h5-6,10H,3-4,8-9H2,1-2H3,(H2,17,18). The lowest BCUT2D eigenvalue weighted by atomic mass is 10.2. The van der Waals surface area contributed by atoms with Crippen LogP contribution < -0.4 is 15.4 Å². The average Bonchev–Trinajstić information content (AvgIpc) is 2.54. The van der Waals surface area contributed by atoms with Crippen LogP contribution in [0.5, 0.6) is 5.75 Å². The Morgan fingerprint density at radius 3 is 2.96 bits per heavy atom. The predicted octanol–water partition coefficient (Wildman–Crippen LogP) is 0.540. The van der Waals surface area contributed by atoms with Crippen molar-refractivity contribution in [2.45, 2.75) is 25.9 Å². The molecule has 0 aromatic carbocycles. The highest BCUT2D eigenvalue weighted by Crippen LogP contribution is 2.33. The van der Waals surface area contributed by atoms with Crippen molar-refractivity contribution >= 4 is 23.5 Å². The summed E-state index contributed by atoms with van der Waals surface area (Å²) in [5, 5.41) is 8.59. The number of hydrogen-bond acceptors (Lipinski definition) is 6. The lowest BCUT2D eigenvalue weighted by molar-refractivity contribution is -0.132. The van der Waals surface area contributed by atoms with Crippen LogP contribution in [0.3, 0.4) is 0 Å². The Balaban J connectivity index is 2.25. The third-order valence-corrected chi connectivity index (χ3v) is 3.58. The Morgan fingerprint density at radius 2 is 2.30 bits per heavy atom. The van der Waals surface area contributed by atoms with Gasteiger partial charge in [0.25, 0.3) is 5.91 Å². The molecule has 2 amide bonds. The molecule has 1 atom stereocenters. The number of rotatable bonds is 5. The molecule has 0 bridgehead atoms. The number of anilines is 2. The fourth-order valence-corrected chi connectivity index (χ4v) is 2.23. The summed E-state index contributed by atoms with van der Waals surface area (Å²) < 4.78 is 5.61. The molecule has 122 valence electrons. The predicted molar refractivity (Wildman–Crippen MR) is 83.6 cm³/mol. The Morgan fingerprint density at radius 1 is 1.57 bits per heavy atom. The quantitative estimate of drug-likeness (QED) is 0.848. The molecule has 1 unspecified atom stereocenters. The molecule has 0 fully saturated rings. The Kier molecular flexibility index (Phi) is 5.01. The molecule has 0 aliphatic carbocycles. The number of carbonyl (C=O) groups is 2. The number of fused-ring (bicyclic) bond motifs is 1. The zero-order valence-corrected chi connectivity index (χ0v) is 13.2. The lowest BCUT2D eigenvalue weighted by Crippen LogP contribution is -2.50. The molecule has 1 aliphatic rings. The topological polar surface area (TPSA) is 113 Å². The molecule has 2 heterocycles. The summed E-state index contributed by atoms with van der Waals surface area (Å²) in [7, 11) is 1.59. The van der Waals surface area contributed by atoms with Crippen LogP contribution in [-0.4, -0.2) is 47.9 Å². The molecule has 8 nitrogen and oxygen atoms in total. The van der Waals surface area contributed by atoms with E-state index in [0.717, 1.165) is 0 Å². The van der Waals surface area contributed by atoms with Crippen LogP contribution in [0, 0.1) is 11.3 Å². The van der Waals surface area contributed by atoms with Gasteiger partial charge in [0.1, 0.15) is 12.4 Å². The second-order valence-corrected chi connectivity index (χ2v) is 5.22. The zero-order chi connectivity index (χ0) is 17.0. The first-order valence-electron chi connectivity index (χ1n) is 7.33. The molecule has 0 radical (unpaired) electrons. The van der Waals surface area contributed by atoms with Crippen LogP contribution >= 0.6 is 0 Å². The summed E-state index contributed by atoms with van der Waals surface area (Å²) in [5.41, 5.74) is 5.68. The highest BCUT2D eigenvalue weighted by atomic mass is 16.5. The first-order valence-corrected chi connectivity index (χ1v) is 7.33. The van der Waals surface area contributed by atoms with E-state index in [2.05, 4.69) is 4.98 Å². The highest BCUT2D eigenvalue weighted by Gasteiger charge is 2.36. The molecule has 0 saturated carbocycles. The number of nitrogens with two attached hydrogens (primary N) is 1. The van der Waals surface area contributed by atoms with Crippen molar-refractivity contribution < 1.29 is 14.3 Å². The van der Waals surface area contributed by atoms with Crippen LogP contribution in [-0.2, 0) is 9.59 Å². The Hall–Kier alpha value is -2.82. The number of hydrogen-bond donors (Lipinski definition) is 1. The van der Waals surface area contributed by atoms with Crippen LogP contribution in [0.25, 0.3) is 0 Å². The van der Waals surface area contributed by atoms with E-state index in [-0.39, 0.29) is 36.4 Å². The average molecular weight is 317 g/mol. The maximum absolute atomic E-state index is 12.5. The molecule has 0 spiro atoms. The molecular weight excluding hydrogens is 298 g/mol. The molecular formula is C15H19N5O3. The van der Waals surface area contributed by atoms with Crippen molar-refractivity contribution in [1.29, 1.82) is 5.26 Å². The van der Waals surface area contributed by atoms with Crippen LogP contribution in [0.2, 0.25) is 0 Å². The number of amides is 2. The van der Waals surface area contributed by atoms with Crippen molar-refractivity contribution in [3.8, 4) is 11.8 Å². The Labute approximate surface area is 134 Å². The van der Waals surface area contributed by atoms with Crippen molar-refractivity contribution in [3.63, 3.8) is 0 Å². The van der Waals surface area contributed by atoms with Crippen molar-refractivity contribution in [2.24, 2.45) is 0 Å². The maximum atomic E-state index is 12.5. The fraction of sp³-hybridized carbons (Fsp3) is 0.467. The first-order chi connectivity index (χ1) is 11.0. The SMILES string of the molecule is CCC1Oc2ccc(N)nc2N(CC(=O)N(C)CCC#N)C1=O. The number of likely N-dealkylation sites (N-methyl/N-ethyl adjacent to an activating group) is 1. The molecule has 2 N–H and O–H groups in total. The number of aromatic nitrogens is 1. The number of nitriles is 1. The van der Waals surface area contributed by atoms with Gasteiger partial charge in [0, 0.05) is 13.6 Å². The van der Waals surface area contributed by atoms with Gasteiger partial charge in [0.15, 0.2) is 17.7 Å². The second kappa shape index (κ2) is 6.96. The van der Waals surface area contributed by atoms with Gasteiger partial charge in [-0.25, -0.2) is 4.98 Å². The van der Waals surface area contributed by atoms with Crippen molar-refractivity contribution in [2.75, 3.05) is 30.8 Å². The lowest BCUT2D eigenvalue weighted by Gasteiger charge is -2.33. The normalized spacial score (nSPS) is 16.3. The largest absolute Gasteiger partial charge is 0.477 e. The summed E-state index contributed by atoms with van der Waals surface area (Å²) >= 11 is 0. The van der Waals surface area contributed by atoms with Crippen molar-refractivity contribution in [1.82, 2.24) is 9.88 Å². The number of carbonyl (C=O) groups excluding carboxylic acids is 2. The van der Waals surface area contributed by atoms with Gasteiger partial charge >= 0.3 is 0 Å². The van der Waals surface area contributed by atoms with Crippen LogP contribution in [0.1, 0.15) is 19.8 Å². The van der Waals surface area contributed by atoms with Gasteiger partial charge in [0.05, 0.1) is 12.5 Å². The molecule has 1 aromatic rings. The molecule has 23 heavy (non-hydrogen) atoms. The summed E-state index contributed by atoms with van der Waals surface area (Å²) in [6.45, 7) is 1.98. The monoisotopic (exact) mass is 317 g/mol. The minimum absolute atomic E-state index is 0.163. The van der Waals surface area contributed by atoms with Gasteiger partial charge in [-0.15, -0.1) is 0 Å². The van der Waals surface area contributed by atoms with E-state index in [1.807, 2.05) is 13.0 Å². The molecule has 8 heteroatoms. The number of ether oxygens (including phenoxy) is 1. The number of pyridine rings is 1. The van der Waals surface area contributed by atoms with Crippen molar-refractivity contribution in [3.05, 3.63) is 12.1 Å². The minimum Gasteiger partial charge on any atom is -0.477 e. The molecule has 1 aromatic heterocycles. The van der Waals surface area contributed by atoms with Gasteiger partial charge in [-0.2, -0.15) is 5.26 Å². The summed E-state index contributed by atoms with van der Waals surface area (Å²) in [4.78, 5) is 31.6. The number of nitrogen functional groups attached to an aromatic ring is 1. The fourth-order valence-electron chi connectivity index (χ4n) is 2.23. The first kappa shape index (κ1) is 16.5. The maximum Gasteiger partial charge on any atom is 0.269 e. The van der Waals surface area contributed by atoms with E-state index in [1.54, 1.807) is 19.2 Å². The van der Waals surface area contributed by atoms with E-state index in [4.69, 9.17) is 15.7 Å². The van der Waals surface area contributed by atoms with E-state index in [1.165, 1.54) is 9.80 Å². The van der Waals surface area contributed by atoms with Gasteiger partial charge < -0.3 is 15.4 Å². The third-order valence-electron chi connectivity index (χ3n) is 3.58. The Bertz CT molecular complexity index is 655. The third kappa shape index (κ3) is 3.51. The smallest absolute Gasteiger partial charge is 0.269 e. The van der Waals surface area contributed by atoms with Gasteiger partial charge in [0.2, 0.25) is 5.91 Å². The van der Waals surface area contributed by atoms with E-state index < -0.39 is 6.10 Å². The molecule has 2 rings (SSSR count). The van der Waals surface area contributed by atoms with E-state index in [9.17, 15) is 9.59 Å². The minimum atomic E-state index is -0.648. The van der Waals surface area contributed by atoms with E-state index in [0.29, 0.717) is 18.7 Å². The molecule has 0 saturated heterocycles. The number of nitrogens with zero attached hydrogens (tertiary/aromatic N) is 4. The summed E-state index contributed by atoms with van der Waals surface area (Å²) in [5.74, 6) is 0.325. The summed E-state index contributed by atoms with van der Waals surface area (Å²) in [6.07, 6.45) is 0.0705. The zero-order valence-electron chi connectivity index (χ0n) is 13.2. The van der Waals surface area contributed by atoms with Crippen LogP contribution in [0.15, 0.2) is 12.1 Å². The highest BCUT2D eigenvalue weighted by molar-refractivity contribution is 6.03. The van der Waals surface area contributed by atoms with Crippen LogP contribution in [0.4, 0.5) is 11.6 Å².